The lowest BCUT2D eigenvalue weighted by Gasteiger charge is -2.45. The van der Waals surface area contributed by atoms with Crippen molar-refractivity contribution in [2.75, 3.05) is 33.4 Å². The molecule has 0 spiro atoms. The van der Waals surface area contributed by atoms with Crippen molar-refractivity contribution in [1.29, 1.82) is 0 Å². The lowest BCUT2D eigenvalue weighted by molar-refractivity contribution is -0.0325. The van der Waals surface area contributed by atoms with Crippen LogP contribution in [-0.2, 0) is 14.2 Å². The van der Waals surface area contributed by atoms with E-state index < -0.39 is 11.2 Å². The molecule has 7 nitrogen and oxygen atoms in total. The van der Waals surface area contributed by atoms with E-state index in [9.17, 15) is 9.59 Å². The van der Waals surface area contributed by atoms with Crippen LogP contribution >= 0.6 is 0 Å². The van der Waals surface area contributed by atoms with Gasteiger partial charge in [-0.1, -0.05) is 0 Å². The van der Waals surface area contributed by atoms with E-state index in [1.165, 1.54) is 0 Å². The Bertz CT molecular complexity index is 419. The van der Waals surface area contributed by atoms with E-state index in [1.54, 1.807) is 16.9 Å². The average molecular weight is 330 g/mol. The zero-order chi connectivity index (χ0) is 17.8. The van der Waals surface area contributed by atoms with Gasteiger partial charge < -0.3 is 19.1 Å². The smallest absolute Gasteiger partial charge is 0.410 e. The Hall–Kier alpha value is -1.50. The summed E-state index contributed by atoms with van der Waals surface area (Å²) < 4.78 is 15.8. The molecule has 1 aliphatic heterocycles. The Kier molecular flexibility index (Phi) is 6.27. The minimum Gasteiger partial charge on any atom is -0.444 e. The van der Waals surface area contributed by atoms with E-state index in [4.69, 9.17) is 14.2 Å². The van der Waals surface area contributed by atoms with Gasteiger partial charge in [-0.05, 0) is 41.5 Å². The molecular weight excluding hydrogens is 300 g/mol. The number of nitrogens with zero attached hydrogens (tertiary/aromatic N) is 2. The van der Waals surface area contributed by atoms with Crippen LogP contribution in [0.2, 0.25) is 0 Å². The first-order valence-electron chi connectivity index (χ1n) is 7.89. The van der Waals surface area contributed by atoms with Crippen molar-refractivity contribution >= 4 is 12.2 Å². The Labute approximate surface area is 138 Å². The molecule has 1 rings (SSSR count). The standard InChI is InChI=1S/C16H30N2O5/c1-15(2,3)22-13(19)17-10-12(11-17)18(8-9-21-7)14(20)23-16(4,5)6/h12H,8-11H2,1-7H3. The van der Waals surface area contributed by atoms with Crippen molar-refractivity contribution in [3.05, 3.63) is 0 Å². The Morgan fingerprint density at radius 3 is 2.00 bits per heavy atom. The fourth-order valence-corrected chi connectivity index (χ4v) is 2.06. The van der Waals surface area contributed by atoms with E-state index in [0.29, 0.717) is 26.2 Å². The molecular formula is C16H30N2O5. The second kappa shape index (κ2) is 7.38. The van der Waals surface area contributed by atoms with Gasteiger partial charge in [0.15, 0.2) is 0 Å². The van der Waals surface area contributed by atoms with E-state index in [-0.39, 0.29) is 18.2 Å². The number of carbonyl (C=O) groups is 2. The molecule has 1 aliphatic rings. The molecule has 23 heavy (non-hydrogen) atoms. The molecule has 0 aromatic carbocycles. The van der Waals surface area contributed by atoms with Gasteiger partial charge in [0.1, 0.15) is 11.2 Å². The fraction of sp³-hybridized carbons (Fsp3) is 0.875. The maximum Gasteiger partial charge on any atom is 0.410 e. The molecule has 0 bridgehead atoms. The Balaban J connectivity index is 2.59. The average Bonchev–Trinajstić information content (AvgIpc) is 2.26. The first kappa shape index (κ1) is 19.5. The van der Waals surface area contributed by atoms with E-state index in [2.05, 4.69) is 0 Å². The van der Waals surface area contributed by atoms with Crippen LogP contribution in [0.25, 0.3) is 0 Å². The first-order valence-corrected chi connectivity index (χ1v) is 7.89. The van der Waals surface area contributed by atoms with Crippen LogP contribution in [0.15, 0.2) is 0 Å². The summed E-state index contributed by atoms with van der Waals surface area (Å²) in [5, 5.41) is 0. The molecule has 0 saturated carbocycles. The number of hydrogen-bond acceptors (Lipinski definition) is 5. The fourth-order valence-electron chi connectivity index (χ4n) is 2.06. The molecule has 1 heterocycles. The van der Waals surface area contributed by atoms with Gasteiger partial charge in [0.2, 0.25) is 0 Å². The summed E-state index contributed by atoms with van der Waals surface area (Å²) in [5.74, 6) is 0. The lowest BCUT2D eigenvalue weighted by atomic mass is 10.1. The minimum absolute atomic E-state index is 0.0764. The van der Waals surface area contributed by atoms with E-state index in [1.807, 2.05) is 41.5 Å². The number of carbonyl (C=O) groups excluding carboxylic acids is 2. The molecule has 134 valence electrons. The van der Waals surface area contributed by atoms with Crippen LogP contribution in [0.4, 0.5) is 9.59 Å². The molecule has 0 radical (unpaired) electrons. The zero-order valence-electron chi connectivity index (χ0n) is 15.3. The van der Waals surface area contributed by atoms with Gasteiger partial charge >= 0.3 is 12.2 Å². The van der Waals surface area contributed by atoms with Crippen molar-refractivity contribution in [3.63, 3.8) is 0 Å². The van der Waals surface area contributed by atoms with Gasteiger partial charge in [0.25, 0.3) is 0 Å². The molecule has 1 saturated heterocycles. The monoisotopic (exact) mass is 330 g/mol. The number of methoxy groups -OCH3 is 1. The quantitative estimate of drug-likeness (QED) is 0.792. The van der Waals surface area contributed by atoms with Gasteiger partial charge in [-0.3, -0.25) is 4.90 Å². The van der Waals surface area contributed by atoms with Crippen LogP contribution in [0.5, 0.6) is 0 Å². The second-order valence-electron chi connectivity index (χ2n) is 7.71. The molecule has 0 N–H and O–H groups in total. The summed E-state index contributed by atoms with van der Waals surface area (Å²) in [5.41, 5.74) is -1.08. The van der Waals surface area contributed by atoms with Crippen LogP contribution in [-0.4, -0.2) is 72.6 Å². The topological polar surface area (TPSA) is 68.3 Å². The number of amides is 2. The summed E-state index contributed by atoms with van der Waals surface area (Å²) >= 11 is 0. The van der Waals surface area contributed by atoms with Crippen molar-refractivity contribution in [2.24, 2.45) is 0 Å². The molecule has 2 amide bonds. The van der Waals surface area contributed by atoms with Crippen LogP contribution < -0.4 is 0 Å². The third kappa shape index (κ3) is 6.64. The predicted molar refractivity (Wildman–Crippen MR) is 86.4 cm³/mol. The highest BCUT2D eigenvalue weighted by Gasteiger charge is 2.40. The van der Waals surface area contributed by atoms with Crippen molar-refractivity contribution in [3.8, 4) is 0 Å². The maximum atomic E-state index is 12.3. The summed E-state index contributed by atoms with van der Waals surface area (Å²) in [6.07, 6.45) is -0.743. The lowest BCUT2D eigenvalue weighted by Crippen LogP contribution is -2.63. The molecule has 7 heteroatoms. The third-order valence-corrected chi connectivity index (χ3v) is 3.12. The zero-order valence-corrected chi connectivity index (χ0v) is 15.3. The Morgan fingerprint density at radius 1 is 1.04 bits per heavy atom. The summed E-state index contributed by atoms with van der Waals surface area (Å²) in [4.78, 5) is 27.5. The highest BCUT2D eigenvalue weighted by atomic mass is 16.6. The van der Waals surface area contributed by atoms with E-state index >= 15 is 0 Å². The van der Waals surface area contributed by atoms with Gasteiger partial charge in [-0.2, -0.15) is 0 Å². The summed E-state index contributed by atoms with van der Waals surface area (Å²) in [7, 11) is 1.58. The number of ether oxygens (including phenoxy) is 3. The maximum absolute atomic E-state index is 12.3. The third-order valence-electron chi connectivity index (χ3n) is 3.12. The number of rotatable bonds is 4. The molecule has 0 unspecified atom stereocenters. The van der Waals surface area contributed by atoms with Crippen molar-refractivity contribution in [2.45, 2.75) is 58.8 Å². The van der Waals surface area contributed by atoms with Crippen LogP contribution in [0.3, 0.4) is 0 Å². The van der Waals surface area contributed by atoms with E-state index in [0.717, 1.165) is 0 Å². The van der Waals surface area contributed by atoms with Crippen molar-refractivity contribution < 1.29 is 23.8 Å². The van der Waals surface area contributed by atoms with Crippen LogP contribution in [0, 0.1) is 0 Å². The highest BCUT2D eigenvalue weighted by Crippen LogP contribution is 2.21. The van der Waals surface area contributed by atoms with Crippen molar-refractivity contribution in [1.82, 2.24) is 9.80 Å². The summed E-state index contributed by atoms with van der Waals surface area (Å²) in [6.45, 7) is 12.7. The molecule has 1 fully saturated rings. The van der Waals surface area contributed by atoms with Gasteiger partial charge in [-0.25, -0.2) is 9.59 Å². The molecule has 0 aromatic rings. The van der Waals surface area contributed by atoms with Gasteiger partial charge in [0, 0.05) is 26.7 Å². The first-order chi connectivity index (χ1) is 10.4. The molecule has 0 aromatic heterocycles. The SMILES string of the molecule is COCCN(C(=O)OC(C)(C)C)C1CN(C(=O)OC(C)(C)C)C1. The highest BCUT2D eigenvalue weighted by molar-refractivity contribution is 5.72. The normalized spacial score (nSPS) is 15.9. The molecule has 0 aliphatic carbocycles. The number of hydrogen-bond donors (Lipinski definition) is 0. The van der Waals surface area contributed by atoms with Gasteiger partial charge in [0.05, 0.1) is 12.6 Å². The predicted octanol–water partition coefficient (Wildman–Crippen LogP) is 2.49. The number of likely N-dealkylation sites (tertiary alicyclic amines) is 1. The molecule has 0 atom stereocenters. The Morgan fingerprint density at radius 2 is 1.57 bits per heavy atom. The van der Waals surface area contributed by atoms with Crippen LogP contribution in [0.1, 0.15) is 41.5 Å². The second-order valence-corrected chi connectivity index (χ2v) is 7.71. The summed E-state index contributed by atoms with van der Waals surface area (Å²) in [6, 6.07) is -0.0764. The van der Waals surface area contributed by atoms with Gasteiger partial charge in [-0.15, -0.1) is 0 Å². The minimum atomic E-state index is -0.559. The largest absolute Gasteiger partial charge is 0.444 e.